The minimum Gasteiger partial charge on any atom is -0.493 e. The van der Waals surface area contributed by atoms with E-state index in [4.69, 9.17) is 14.9 Å². The van der Waals surface area contributed by atoms with E-state index < -0.39 is 11.2 Å². The highest BCUT2D eigenvalue weighted by Crippen LogP contribution is 2.28. The first-order valence-corrected chi connectivity index (χ1v) is 4.99. The molecule has 3 N–H and O–H groups in total. The number of aliphatic hydroxyl groups is 2. The molecule has 0 saturated carbocycles. The number of nitro groups is 1. The summed E-state index contributed by atoms with van der Waals surface area (Å²) in [7, 11) is 1.57. The van der Waals surface area contributed by atoms with Gasteiger partial charge in [0.25, 0.3) is 5.69 Å². The summed E-state index contributed by atoms with van der Waals surface area (Å²) >= 11 is 0. The lowest BCUT2D eigenvalue weighted by Gasteiger charge is -2.09. The smallest absolute Gasteiger partial charge is 0.292 e. The molecule has 17 heavy (non-hydrogen) atoms. The number of rotatable bonds is 6. The zero-order chi connectivity index (χ0) is 12.8. The van der Waals surface area contributed by atoms with Gasteiger partial charge in [-0.1, -0.05) is 0 Å². The van der Waals surface area contributed by atoms with E-state index in [0.717, 1.165) is 0 Å². The molecule has 94 valence electrons. The zero-order valence-corrected chi connectivity index (χ0v) is 9.29. The van der Waals surface area contributed by atoms with Gasteiger partial charge in [-0.25, -0.2) is 0 Å². The molecule has 0 amide bonds. The summed E-state index contributed by atoms with van der Waals surface area (Å²) < 4.78 is 5.21. The Morgan fingerprint density at radius 2 is 2.24 bits per heavy atom. The minimum atomic E-state index is -1.42. The number of nitrogens with zero attached hydrogens (tertiary/aromatic N) is 1. The molecule has 1 rings (SSSR count). The van der Waals surface area contributed by atoms with Crippen LogP contribution in [-0.4, -0.2) is 35.1 Å². The maximum Gasteiger partial charge on any atom is 0.292 e. The molecule has 7 nitrogen and oxygen atoms in total. The lowest BCUT2D eigenvalue weighted by Crippen LogP contribution is -2.10. The van der Waals surface area contributed by atoms with E-state index >= 15 is 0 Å². The molecule has 7 heteroatoms. The summed E-state index contributed by atoms with van der Waals surface area (Å²) in [6.45, 7) is 0.124. The highest BCUT2D eigenvalue weighted by Gasteiger charge is 2.13. The van der Waals surface area contributed by atoms with Crippen LogP contribution in [0.4, 0.5) is 11.4 Å². The molecule has 0 aromatic heterocycles. The van der Waals surface area contributed by atoms with Crippen LogP contribution in [0.1, 0.15) is 6.42 Å². The quantitative estimate of drug-likeness (QED) is 0.385. The Hall–Kier alpha value is -1.86. The van der Waals surface area contributed by atoms with Crippen molar-refractivity contribution >= 4 is 11.4 Å². The monoisotopic (exact) mass is 242 g/mol. The number of ether oxygens (including phenoxy) is 1. The Bertz CT molecular complexity index is 394. The van der Waals surface area contributed by atoms with Crippen LogP contribution in [0.15, 0.2) is 18.2 Å². The van der Waals surface area contributed by atoms with Crippen LogP contribution in [-0.2, 0) is 0 Å². The Morgan fingerprint density at radius 3 is 2.76 bits per heavy atom. The third-order valence-electron chi connectivity index (χ3n) is 2.08. The lowest BCUT2D eigenvalue weighted by molar-refractivity contribution is -0.384. The van der Waals surface area contributed by atoms with Gasteiger partial charge in [0.2, 0.25) is 0 Å². The number of hydrogen-bond acceptors (Lipinski definition) is 6. The second-order valence-electron chi connectivity index (χ2n) is 3.30. The molecule has 0 atom stereocenters. The van der Waals surface area contributed by atoms with E-state index in [2.05, 4.69) is 5.32 Å². The first-order valence-electron chi connectivity index (χ1n) is 4.99. The fourth-order valence-electron chi connectivity index (χ4n) is 1.25. The number of nitro benzene ring substituents is 1. The number of benzene rings is 1. The Kier molecular flexibility index (Phi) is 4.68. The van der Waals surface area contributed by atoms with Gasteiger partial charge in [-0.2, -0.15) is 0 Å². The molecule has 0 heterocycles. The number of anilines is 1. The summed E-state index contributed by atoms with van der Waals surface area (Å²) in [4.78, 5) is 10.2. The Labute approximate surface area is 97.8 Å². The van der Waals surface area contributed by atoms with Gasteiger partial charge in [-0.05, 0) is 6.07 Å². The number of nitrogens with one attached hydrogen (secondary N) is 1. The van der Waals surface area contributed by atoms with Gasteiger partial charge >= 0.3 is 0 Å². The summed E-state index contributed by atoms with van der Waals surface area (Å²) in [5.74, 6) is 0.431. The Balaban J connectivity index is 2.72. The SMILES string of the molecule is CNc1cc(OCCC(O)O)ccc1[N+](=O)[O-]. The van der Waals surface area contributed by atoms with Crippen molar-refractivity contribution in [2.75, 3.05) is 19.0 Å². The van der Waals surface area contributed by atoms with Crippen molar-refractivity contribution in [2.24, 2.45) is 0 Å². The molecule has 1 aromatic carbocycles. The second kappa shape index (κ2) is 6.02. The molecule has 1 aromatic rings. The van der Waals surface area contributed by atoms with Crippen molar-refractivity contribution in [3.8, 4) is 5.75 Å². The first kappa shape index (κ1) is 13.2. The van der Waals surface area contributed by atoms with Crippen LogP contribution in [0.25, 0.3) is 0 Å². The third kappa shape index (κ3) is 3.89. The first-order chi connectivity index (χ1) is 8.04. The van der Waals surface area contributed by atoms with Crippen molar-refractivity contribution in [2.45, 2.75) is 12.7 Å². The van der Waals surface area contributed by atoms with E-state index in [9.17, 15) is 10.1 Å². The Morgan fingerprint density at radius 1 is 1.53 bits per heavy atom. The van der Waals surface area contributed by atoms with Crippen molar-refractivity contribution in [1.82, 2.24) is 0 Å². The van der Waals surface area contributed by atoms with Crippen molar-refractivity contribution in [3.05, 3.63) is 28.3 Å². The van der Waals surface area contributed by atoms with Gasteiger partial charge in [0, 0.05) is 25.6 Å². The topological polar surface area (TPSA) is 105 Å². The molecule has 0 spiro atoms. The zero-order valence-electron chi connectivity index (χ0n) is 9.29. The van der Waals surface area contributed by atoms with Crippen LogP contribution >= 0.6 is 0 Å². The highest BCUT2D eigenvalue weighted by molar-refractivity contribution is 5.63. The molecule has 0 fully saturated rings. The fraction of sp³-hybridized carbons (Fsp3) is 0.400. The van der Waals surface area contributed by atoms with Gasteiger partial charge in [-0.3, -0.25) is 10.1 Å². The van der Waals surface area contributed by atoms with Crippen LogP contribution in [0.2, 0.25) is 0 Å². The normalized spacial score (nSPS) is 10.4. The van der Waals surface area contributed by atoms with E-state index in [1.807, 2.05) is 0 Å². The molecule has 0 radical (unpaired) electrons. The van der Waals surface area contributed by atoms with Gasteiger partial charge in [0.15, 0.2) is 6.29 Å². The van der Waals surface area contributed by atoms with E-state index in [-0.39, 0.29) is 18.7 Å². The fourth-order valence-corrected chi connectivity index (χ4v) is 1.25. The standard InChI is InChI=1S/C10H14N2O5/c1-11-8-6-7(17-5-4-10(13)14)2-3-9(8)12(15)16/h2-3,6,10-11,13-14H,4-5H2,1H3. The number of aliphatic hydroxyl groups excluding tert-OH is 1. The summed E-state index contributed by atoms with van der Waals surface area (Å²) in [6.07, 6.45) is -1.34. The van der Waals surface area contributed by atoms with E-state index in [1.54, 1.807) is 7.05 Å². The highest BCUT2D eigenvalue weighted by atomic mass is 16.6. The number of hydrogen-bond donors (Lipinski definition) is 3. The van der Waals surface area contributed by atoms with Gasteiger partial charge in [0.1, 0.15) is 11.4 Å². The maximum atomic E-state index is 10.7. The molecule has 0 bridgehead atoms. The molecule has 0 unspecified atom stereocenters. The summed E-state index contributed by atoms with van der Waals surface area (Å²) in [6, 6.07) is 4.28. The van der Waals surface area contributed by atoms with Crippen molar-refractivity contribution in [1.29, 1.82) is 0 Å². The average molecular weight is 242 g/mol. The average Bonchev–Trinajstić information content (AvgIpc) is 2.28. The predicted molar refractivity (Wildman–Crippen MR) is 61.0 cm³/mol. The van der Waals surface area contributed by atoms with Crippen molar-refractivity contribution < 1.29 is 19.9 Å². The molecule has 0 aliphatic carbocycles. The van der Waals surface area contributed by atoms with Crippen LogP contribution in [0, 0.1) is 10.1 Å². The largest absolute Gasteiger partial charge is 0.493 e. The van der Waals surface area contributed by atoms with Crippen LogP contribution in [0.5, 0.6) is 5.75 Å². The molecule has 0 aliphatic heterocycles. The van der Waals surface area contributed by atoms with Crippen LogP contribution < -0.4 is 10.1 Å². The lowest BCUT2D eigenvalue weighted by atomic mass is 10.2. The molecular weight excluding hydrogens is 228 g/mol. The third-order valence-corrected chi connectivity index (χ3v) is 2.08. The molecule has 0 aliphatic rings. The summed E-state index contributed by atoms with van der Waals surface area (Å²) in [5, 5.41) is 30.6. The molecule has 0 saturated heterocycles. The predicted octanol–water partition coefficient (Wildman–Crippen LogP) is 0.716. The van der Waals surface area contributed by atoms with Gasteiger partial charge in [0.05, 0.1) is 11.5 Å². The van der Waals surface area contributed by atoms with Crippen LogP contribution in [0.3, 0.4) is 0 Å². The van der Waals surface area contributed by atoms with Gasteiger partial charge < -0.3 is 20.3 Å². The van der Waals surface area contributed by atoms with E-state index in [0.29, 0.717) is 11.4 Å². The van der Waals surface area contributed by atoms with E-state index in [1.165, 1.54) is 18.2 Å². The summed E-state index contributed by atoms with van der Waals surface area (Å²) in [5.41, 5.74) is 0.305. The minimum absolute atomic E-state index is 0.0398. The van der Waals surface area contributed by atoms with Gasteiger partial charge in [-0.15, -0.1) is 0 Å². The second-order valence-corrected chi connectivity index (χ2v) is 3.30. The van der Waals surface area contributed by atoms with Crippen molar-refractivity contribution in [3.63, 3.8) is 0 Å². The maximum absolute atomic E-state index is 10.7. The molecular formula is C10H14N2O5.